The molecule has 8 heteroatoms. The van der Waals surface area contributed by atoms with Gasteiger partial charge >= 0.3 is 5.69 Å². The zero-order valence-corrected chi connectivity index (χ0v) is 10.6. The van der Waals surface area contributed by atoms with E-state index in [1.165, 1.54) is 33.3 Å². The van der Waals surface area contributed by atoms with Crippen molar-refractivity contribution in [1.29, 1.82) is 0 Å². The lowest BCUT2D eigenvalue weighted by atomic mass is 10.1. The summed E-state index contributed by atoms with van der Waals surface area (Å²) in [4.78, 5) is 20.4. The molecule has 102 valence electrons. The molecule has 0 aliphatic rings. The van der Waals surface area contributed by atoms with Crippen molar-refractivity contribution in [3.8, 4) is 11.5 Å². The van der Waals surface area contributed by atoms with Gasteiger partial charge in [-0.3, -0.25) is 20.2 Å². The Kier molecular flexibility index (Phi) is 4.41. The van der Waals surface area contributed by atoms with Gasteiger partial charge in [0, 0.05) is 13.0 Å². The quantitative estimate of drug-likeness (QED) is 0.599. The Balaban J connectivity index is 3.53. The summed E-state index contributed by atoms with van der Waals surface area (Å²) in [5.74, 6) is 0.113. The second kappa shape index (κ2) is 5.80. The molecule has 0 aliphatic carbocycles. The molecular formula is C11H12N2O6. The Hall–Kier alpha value is -2.64. The van der Waals surface area contributed by atoms with Crippen molar-refractivity contribution in [3.63, 3.8) is 0 Å². The fraction of sp³-hybridized carbons (Fsp3) is 0.273. The summed E-state index contributed by atoms with van der Waals surface area (Å²) in [5.41, 5.74) is -0.504. The third-order valence-electron chi connectivity index (χ3n) is 2.39. The molecule has 0 fully saturated rings. The van der Waals surface area contributed by atoms with Crippen LogP contribution in [0.2, 0.25) is 0 Å². The summed E-state index contributed by atoms with van der Waals surface area (Å²) >= 11 is 0. The highest BCUT2D eigenvalue weighted by Gasteiger charge is 2.25. The van der Waals surface area contributed by atoms with E-state index in [0.29, 0.717) is 0 Å². The van der Waals surface area contributed by atoms with Gasteiger partial charge in [-0.05, 0) is 12.1 Å². The highest BCUT2D eigenvalue weighted by Crippen LogP contribution is 2.40. The zero-order valence-electron chi connectivity index (χ0n) is 10.6. The van der Waals surface area contributed by atoms with Crippen molar-refractivity contribution >= 4 is 11.8 Å². The third-order valence-corrected chi connectivity index (χ3v) is 2.39. The van der Waals surface area contributed by atoms with Crippen LogP contribution in [0, 0.1) is 20.2 Å². The van der Waals surface area contributed by atoms with E-state index in [4.69, 9.17) is 9.47 Å². The van der Waals surface area contributed by atoms with Crippen LogP contribution in [0.3, 0.4) is 0 Å². The van der Waals surface area contributed by atoms with Crippen molar-refractivity contribution in [3.05, 3.63) is 43.6 Å². The maximum Gasteiger partial charge on any atom is 0.322 e. The monoisotopic (exact) mass is 268 g/mol. The van der Waals surface area contributed by atoms with Gasteiger partial charge in [0.15, 0.2) is 5.75 Å². The third kappa shape index (κ3) is 2.97. The fourth-order valence-electron chi connectivity index (χ4n) is 1.51. The number of ether oxygens (including phenoxy) is 2. The van der Waals surface area contributed by atoms with Gasteiger partial charge in [-0.2, -0.15) is 0 Å². The van der Waals surface area contributed by atoms with Gasteiger partial charge in [0.25, 0.3) is 0 Å². The number of methoxy groups -OCH3 is 2. The van der Waals surface area contributed by atoms with Gasteiger partial charge in [-0.25, -0.2) is 0 Å². The Labute approximate surface area is 108 Å². The number of benzene rings is 1. The standard InChI is InChI=1S/C11H12N2O6/c1-7(12(14)15)6-8-4-5-9(18-2)11(19-3)10(8)13(16)17/h4-6H,1-3H3/b7-6+. The molecule has 0 spiro atoms. The van der Waals surface area contributed by atoms with E-state index < -0.39 is 9.85 Å². The van der Waals surface area contributed by atoms with E-state index in [1.54, 1.807) is 0 Å². The normalized spacial score (nSPS) is 11.0. The maximum absolute atomic E-state index is 11.1. The number of nitrogens with zero attached hydrogens (tertiary/aromatic N) is 2. The molecule has 1 aromatic carbocycles. The predicted molar refractivity (Wildman–Crippen MR) is 66.8 cm³/mol. The highest BCUT2D eigenvalue weighted by atomic mass is 16.6. The summed E-state index contributed by atoms with van der Waals surface area (Å²) in [6.07, 6.45) is 1.11. The van der Waals surface area contributed by atoms with Crippen molar-refractivity contribution < 1.29 is 19.3 Å². The first-order valence-electron chi connectivity index (χ1n) is 5.14. The molecular weight excluding hydrogens is 256 g/mol. The average molecular weight is 268 g/mol. The van der Waals surface area contributed by atoms with Crippen LogP contribution in [0.1, 0.15) is 12.5 Å². The van der Waals surface area contributed by atoms with Gasteiger partial charge < -0.3 is 9.47 Å². The molecule has 0 saturated heterocycles. The molecule has 0 saturated carbocycles. The van der Waals surface area contributed by atoms with Gasteiger partial charge in [0.1, 0.15) is 0 Å². The van der Waals surface area contributed by atoms with Crippen LogP contribution in [-0.4, -0.2) is 24.1 Å². The molecule has 8 nitrogen and oxygen atoms in total. The van der Waals surface area contributed by atoms with Crippen LogP contribution in [0.15, 0.2) is 17.8 Å². The molecule has 0 N–H and O–H groups in total. The largest absolute Gasteiger partial charge is 0.493 e. The molecule has 0 unspecified atom stereocenters. The molecule has 1 aromatic rings. The Morgan fingerprint density at radius 2 is 1.84 bits per heavy atom. The van der Waals surface area contributed by atoms with Crippen LogP contribution in [0.5, 0.6) is 11.5 Å². The SMILES string of the molecule is COc1ccc(/C=C(\C)[N+](=O)[O-])c([N+](=O)[O-])c1OC. The fourth-order valence-corrected chi connectivity index (χ4v) is 1.51. The first-order chi connectivity index (χ1) is 8.92. The topological polar surface area (TPSA) is 105 Å². The lowest BCUT2D eigenvalue weighted by Crippen LogP contribution is -2.00. The molecule has 0 aromatic heterocycles. The van der Waals surface area contributed by atoms with Crippen molar-refractivity contribution in [1.82, 2.24) is 0 Å². The number of nitro benzene ring substituents is 1. The predicted octanol–water partition coefficient (Wildman–Crippen LogP) is 2.25. The summed E-state index contributed by atoms with van der Waals surface area (Å²) in [7, 11) is 2.61. The lowest BCUT2D eigenvalue weighted by Gasteiger charge is -2.09. The van der Waals surface area contributed by atoms with Crippen LogP contribution < -0.4 is 9.47 Å². The Morgan fingerprint density at radius 1 is 1.21 bits per heavy atom. The lowest BCUT2D eigenvalue weighted by molar-refractivity contribution is -0.422. The van der Waals surface area contributed by atoms with Crippen LogP contribution in [0.4, 0.5) is 5.69 Å². The second-order valence-electron chi connectivity index (χ2n) is 3.54. The molecule has 0 atom stereocenters. The van der Waals surface area contributed by atoms with Gasteiger partial charge in [0.05, 0.1) is 29.6 Å². The van der Waals surface area contributed by atoms with Crippen LogP contribution >= 0.6 is 0 Å². The highest BCUT2D eigenvalue weighted by molar-refractivity contribution is 5.70. The minimum atomic E-state index is -0.666. The molecule has 0 radical (unpaired) electrons. The molecule has 0 bridgehead atoms. The summed E-state index contributed by atoms with van der Waals surface area (Å²) in [6, 6.07) is 2.82. The Bertz CT molecular complexity index is 552. The smallest absolute Gasteiger partial charge is 0.322 e. The Morgan fingerprint density at radius 3 is 2.26 bits per heavy atom. The number of hydrogen-bond acceptors (Lipinski definition) is 6. The van der Waals surface area contributed by atoms with Gasteiger partial charge in [0.2, 0.25) is 11.4 Å². The second-order valence-corrected chi connectivity index (χ2v) is 3.54. The first-order valence-corrected chi connectivity index (χ1v) is 5.14. The number of hydrogen-bond donors (Lipinski definition) is 0. The van der Waals surface area contributed by atoms with E-state index >= 15 is 0 Å². The van der Waals surface area contributed by atoms with E-state index in [-0.39, 0.29) is 28.4 Å². The van der Waals surface area contributed by atoms with Crippen LogP contribution in [0.25, 0.3) is 6.08 Å². The summed E-state index contributed by atoms with van der Waals surface area (Å²) in [6.45, 7) is 1.25. The van der Waals surface area contributed by atoms with Crippen molar-refractivity contribution in [2.75, 3.05) is 14.2 Å². The average Bonchev–Trinajstić information content (AvgIpc) is 2.37. The van der Waals surface area contributed by atoms with E-state index in [0.717, 1.165) is 6.08 Å². The molecule has 0 aliphatic heterocycles. The zero-order chi connectivity index (χ0) is 14.6. The van der Waals surface area contributed by atoms with Crippen molar-refractivity contribution in [2.45, 2.75) is 6.92 Å². The first kappa shape index (κ1) is 14.4. The number of allylic oxidation sites excluding steroid dienone is 1. The summed E-state index contributed by atoms with van der Waals surface area (Å²) in [5, 5.41) is 21.7. The van der Waals surface area contributed by atoms with E-state index in [9.17, 15) is 20.2 Å². The minimum Gasteiger partial charge on any atom is -0.493 e. The number of rotatable bonds is 5. The van der Waals surface area contributed by atoms with Crippen LogP contribution in [-0.2, 0) is 0 Å². The number of nitro groups is 2. The summed E-state index contributed by atoms with van der Waals surface area (Å²) < 4.78 is 9.90. The van der Waals surface area contributed by atoms with Gasteiger partial charge in [-0.1, -0.05) is 0 Å². The van der Waals surface area contributed by atoms with Gasteiger partial charge in [-0.15, -0.1) is 0 Å². The maximum atomic E-state index is 11.1. The van der Waals surface area contributed by atoms with E-state index in [1.807, 2.05) is 0 Å². The van der Waals surface area contributed by atoms with Crippen molar-refractivity contribution in [2.24, 2.45) is 0 Å². The molecule has 19 heavy (non-hydrogen) atoms. The molecule has 0 amide bonds. The van der Waals surface area contributed by atoms with E-state index in [2.05, 4.69) is 0 Å². The minimum absolute atomic E-state index is 0.0719. The molecule has 1 rings (SSSR count). The molecule has 0 heterocycles.